The fourth-order valence-electron chi connectivity index (χ4n) is 3.46. The standard InChI is InChI=1S/C18H22N2O3/c1-12(2)15(18(23)19-10-6-3-7-11-19)20-16(21)13-8-4-5-9-14(13)17(20)22/h4-5,8-9,12,15H,3,6-7,10-11H2,1-2H3/t15-/m1/s1. The lowest BCUT2D eigenvalue weighted by atomic mass is 9.99. The smallest absolute Gasteiger partial charge is 0.262 e. The van der Waals surface area contributed by atoms with Crippen molar-refractivity contribution in [3.05, 3.63) is 35.4 Å². The van der Waals surface area contributed by atoms with E-state index in [0.717, 1.165) is 19.3 Å². The van der Waals surface area contributed by atoms with Gasteiger partial charge >= 0.3 is 0 Å². The van der Waals surface area contributed by atoms with Crippen LogP contribution < -0.4 is 0 Å². The Morgan fingerprint density at radius 2 is 1.48 bits per heavy atom. The summed E-state index contributed by atoms with van der Waals surface area (Å²) in [4.78, 5) is 41.3. The first-order valence-corrected chi connectivity index (χ1v) is 8.28. The summed E-state index contributed by atoms with van der Waals surface area (Å²) in [7, 11) is 0. The van der Waals surface area contributed by atoms with Gasteiger partial charge in [0.05, 0.1) is 11.1 Å². The average Bonchev–Trinajstić information content (AvgIpc) is 2.81. The molecular formula is C18H22N2O3. The molecule has 2 aliphatic heterocycles. The number of piperidine rings is 1. The van der Waals surface area contributed by atoms with E-state index in [1.54, 1.807) is 29.2 Å². The van der Waals surface area contributed by atoms with Crippen molar-refractivity contribution in [2.24, 2.45) is 5.92 Å². The van der Waals surface area contributed by atoms with Gasteiger partial charge < -0.3 is 4.90 Å². The highest BCUT2D eigenvalue weighted by Crippen LogP contribution is 2.28. The van der Waals surface area contributed by atoms with Crippen molar-refractivity contribution >= 4 is 17.7 Å². The van der Waals surface area contributed by atoms with Crippen molar-refractivity contribution in [2.45, 2.75) is 39.2 Å². The monoisotopic (exact) mass is 314 g/mol. The Labute approximate surface area is 136 Å². The molecule has 0 radical (unpaired) electrons. The molecule has 0 N–H and O–H groups in total. The summed E-state index contributed by atoms with van der Waals surface area (Å²) in [6, 6.07) is 6.06. The summed E-state index contributed by atoms with van der Waals surface area (Å²) in [6.07, 6.45) is 3.10. The second-order valence-corrected chi connectivity index (χ2v) is 6.60. The molecule has 1 atom stereocenters. The molecule has 122 valence electrons. The SMILES string of the molecule is CC(C)[C@H](C(=O)N1CCCCC1)N1C(=O)c2ccccc2C1=O. The van der Waals surface area contributed by atoms with E-state index in [4.69, 9.17) is 0 Å². The Bertz CT molecular complexity index is 612. The Kier molecular flexibility index (Phi) is 4.20. The molecule has 1 aromatic carbocycles. The second-order valence-electron chi connectivity index (χ2n) is 6.60. The van der Waals surface area contributed by atoms with Crippen molar-refractivity contribution in [2.75, 3.05) is 13.1 Å². The average molecular weight is 314 g/mol. The Balaban J connectivity index is 1.92. The highest BCUT2D eigenvalue weighted by Gasteiger charge is 2.45. The Morgan fingerprint density at radius 3 is 1.96 bits per heavy atom. The maximum absolute atomic E-state index is 12.9. The largest absolute Gasteiger partial charge is 0.341 e. The van der Waals surface area contributed by atoms with Crippen LogP contribution in [0.15, 0.2) is 24.3 Å². The van der Waals surface area contributed by atoms with Crippen LogP contribution in [0.4, 0.5) is 0 Å². The number of rotatable bonds is 3. The van der Waals surface area contributed by atoms with E-state index >= 15 is 0 Å². The molecule has 0 saturated carbocycles. The molecule has 0 spiro atoms. The van der Waals surface area contributed by atoms with Gasteiger partial charge in [-0.2, -0.15) is 0 Å². The van der Waals surface area contributed by atoms with Gasteiger partial charge in [0, 0.05) is 13.1 Å². The number of hydrogen-bond acceptors (Lipinski definition) is 3. The number of imide groups is 1. The number of amides is 3. The van der Waals surface area contributed by atoms with Crippen molar-refractivity contribution < 1.29 is 14.4 Å². The molecule has 2 aliphatic rings. The fourth-order valence-corrected chi connectivity index (χ4v) is 3.46. The zero-order valence-electron chi connectivity index (χ0n) is 13.6. The Hall–Kier alpha value is -2.17. The third-order valence-corrected chi connectivity index (χ3v) is 4.66. The summed E-state index contributed by atoms with van der Waals surface area (Å²) >= 11 is 0. The topological polar surface area (TPSA) is 57.7 Å². The Morgan fingerprint density at radius 1 is 0.957 bits per heavy atom. The normalized spacial score (nSPS) is 19.3. The minimum Gasteiger partial charge on any atom is -0.341 e. The lowest BCUT2D eigenvalue weighted by Crippen LogP contribution is -2.54. The minimum atomic E-state index is -0.722. The van der Waals surface area contributed by atoms with Gasteiger partial charge in [-0.25, -0.2) is 0 Å². The number of hydrogen-bond donors (Lipinski definition) is 0. The summed E-state index contributed by atoms with van der Waals surface area (Å²) < 4.78 is 0. The van der Waals surface area contributed by atoms with E-state index in [1.165, 1.54) is 4.90 Å². The molecule has 0 aliphatic carbocycles. The van der Waals surface area contributed by atoms with Crippen LogP contribution in [0.3, 0.4) is 0 Å². The van der Waals surface area contributed by atoms with Crippen LogP contribution in [0, 0.1) is 5.92 Å². The second kappa shape index (κ2) is 6.14. The van der Waals surface area contributed by atoms with Crippen molar-refractivity contribution in [3.63, 3.8) is 0 Å². The summed E-state index contributed by atoms with van der Waals surface area (Å²) in [5, 5.41) is 0. The van der Waals surface area contributed by atoms with Gasteiger partial charge in [-0.05, 0) is 37.3 Å². The summed E-state index contributed by atoms with van der Waals surface area (Å²) in [6.45, 7) is 5.20. The molecule has 2 heterocycles. The van der Waals surface area contributed by atoms with Gasteiger partial charge in [0.25, 0.3) is 11.8 Å². The maximum atomic E-state index is 12.9. The highest BCUT2D eigenvalue weighted by atomic mass is 16.2. The molecule has 23 heavy (non-hydrogen) atoms. The third-order valence-electron chi connectivity index (χ3n) is 4.66. The van der Waals surface area contributed by atoms with Gasteiger partial charge in [-0.15, -0.1) is 0 Å². The molecule has 5 heteroatoms. The van der Waals surface area contributed by atoms with Crippen LogP contribution >= 0.6 is 0 Å². The third kappa shape index (κ3) is 2.64. The molecule has 0 bridgehead atoms. The number of fused-ring (bicyclic) bond motifs is 1. The van der Waals surface area contributed by atoms with Gasteiger partial charge in [0.2, 0.25) is 5.91 Å². The van der Waals surface area contributed by atoms with Crippen LogP contribution in [0.1, 0.15) is 53.8 Å². The van der Waals surface area contributed by atoms with Gasteiger partial charge in [0.15, 0.2) is 0 Å². The first-order chi connectivity index (χ1) is 11.0. The van der Waals surface area contributed by atoms with E-state index < -0.39 is 6.04 Å². The van der Waals surface area contributed by atoms with E-state index in [0.29, 0.717) is 24.2 Å². The number of carbonyl (C=O) groups excluding carboxylic acids is 3. The summed E-state index contributed by atoms with van der Waals surface area (Å²) in [5.41, 5.74) is 0.796. The van der Waals surface area contributed by atoms with Crippen LogP contribution in [0.2, 0.25) is 0 Å². The van der Waals surface area contributed by atoms with Gasteiger partial charge in [-0.3, -0.25) is 19.3 Å². The predicted molar refractivity (Wildman–Crippen MR) is 86.0 cm³/mol. The van der Waals surface area contributed by atoms with Crippen LogP contribution in [-0.2, 0) is 4.79 Å². The van der Waals surface area contributed by atoms with Crippen molar-refractivity contribution in [1.82, 2.24) is 9.80 Å². The molecule has 5 nitrogen and oxygen atoms in total. The minimum absolute atomic E-state index is 0.103. The number of nitrogens with zero attached hydrogens (tertiary/aromatic N) is 2. The van der Waals surface area contributed by atoms with E-state index in [9.17, 15) is 14.4 Å². The van der Waals surface area contributed by atoms with Crippen LogP contribution in [-0.4, -0.2) is 46.7 Å². The van der Waals surface area contributed by atoms with Gasteiger partial charge in [0.1, 0.15) is 6.04 Å². The molecule has 3 amide bonds. The summed E-state index contributed by atoms with van der Waals surface area (Å²) in [5.74, 6) is -0.926. The maximum Gasteiger partial charge on any atom is 0.262 e. The zero-order chi connectivity index (χ0) is 16.6. The first-order valence-electron chi connectivity index (χ1n) is 8.28. The van der Waals surface area contributed by atoms with E-state index in [-0.39, 0.29) is 23.6 Å². The molecule has 1 saturated heterocycles. The molecule has 0 aromatic heterocycles. The number of benzene rings is 1. The predicted octanol–water partition coefficient (Wildman–Crippen LogP) is 2.32. The molecule has 3 rings (SSSR count). The van der Waals surface area contributed by atoms with Crippen molar-refractivity contribution in [3.8, 4) is 0 Å². The highest BCUT2D eigenvalue weighted by molar-refractivity contribution is 6.22. The van der Waals surface area contributed by atoms with Crippen molar-refractivity contribution in [1.29, 1.82) is 0 Å². The number of carbonyl (C=O) groups is 3. The zero-order valence-corrected chi connectivity index (χ0v) is 13.6. The van der Waals surface area contributed by atoms with Crippen LogP contribution in [0.25, 0.3) is 0 Å². The van der Waals surface area contributed by atoms with E-state index in [2.05, 4.69) is 0 Å². The quantitative estimate of drug-likeness (QED) is 0.805. The molecule has 1 fully saturated rings. The molecule has 1 aromatic rings. The lowest BCUT2D eigenvalue weighted by molar-refractivity contribution is -0.137. The molecule has 0 unspecified atom stereocenters. The molecular weight excluding hydrogens is 292 g/mol. The van der Waals surface area contributed by atoms with Gasteiger partial charge in [-0.1, -0.05) is 26.0 Å². The van der Waals surface area contributed by atoms with E-state index in [1.807, 2.05) is 13.8 Å². The fraction of sp³-hybridized carbons (Fsp3) is 0.500. The number of likely N-dealkylation sites (tertiary alicyclic amines) is 1. The first kappa shape index (κ1) is 15.7. The lowest BCUT2D eigenvalue weighted by Gasteiger charge is -2.35. The van der Waals surface area contributed by atoms with Crippen LogP contribution in [0.5, 0.6) is 0 Å².